The first kappa shape index (κ1) is 14.9. The number of piperidine rings is 1. The molecule has 1 heterocycles. The van der Waals surface area contributed by atoms with Crippen molar-refractivity contribution in [2.24, 2.45) is 11.8 Å². The van der Waals surface area contributed by atoms with E-state index in [9.17, 15) is 0 Å². The lowest BCUT2D eigenvalue weighted by Crippen LogP contribution is -2.40. The fourth-order valence-corrected chi connectivity index (χ4v) is 2.44. The summed E-state index contributed by atoms with van der Waals surface area (Å²) in [6.07, 6.45) is 4.09. The van der Waals surface area contributed by atoms with Crippen molar-refractivity contribution in [2.75, 3.05) is 46.4 Å². The van der Waals surface area contributed by atoms with Gasteiger partial charge in [-0.3, -0.25) is 0 Å². The second-order valence-electron chi connectivity index (χ2n) is 5.69. The van der Waals surface area contributed by atoms with E-state index in [2.05, 4.69) is 24.1 Å². The van der Waals surface area contributed by atoms with E-state index in [4.69, 9.17) is 4.74 Å². The third-order valence-electron chi connectivity index (χ3n) is 3.54. The predicted octanol–water partition coefficient (Wildman–Crippen LogP) is 1.98. The Morgan fingerprint density at radius 1 is 1.41 bits per heavy atom. The number of methoxy groups -OCH3 is 1. The lowest BCUT2D eigenvalue weighted by molar-refractivity contribution is 0.159. The van der Waals surface area contributed by atoms with Crippen molar-refractivity contribution in [2.45, 2.75) is 33.1 Å². The summed E-state index contributed by atoms with van der Waals surface area (Å²) < 4.78 is 5.04. The standard InChI is InChI=1S/C14H30N2O/c1-13(2)6-9-16-8-4-5-14(12-16)11-15-7-10-17-3/h13-15H,4-12H2,1-3H3. The van der Waals surface area contributed by atoms with E-state index in [1.54, 1.807) is 7.11 Å². The zero-order valence-electron chi connectivity index (χ0n) is 11.9. The zero-order chi connectivity index (χ0) is 12.5. The molecule has 0 bridgehead atoms. The Kier molecular flexibility index (Phi) is 7.82. The molecular weight excluding hydrogens is 212 g/mol. The van der Waals surface area contributed by atoms with Crippen molar-refractivity contribution in [3.63, 3.8) is 0 Å². The molecule has 0 amide bonds. The minimum atomic E-state index is 0.823. The highest BCUT2D eigenvalue weighted by atomic mass is 16.5. The molecule has 0 saturated carbocycles. The van der Waals surface area contributed by atoms with Gasteiger partial charge in [-0.2, -0.15) is 0 Å². The maximum absolute atomic E-state index is 5.04. The average molecular weight is 242 g/mol. The predicted molar refractivity (Wildman–Crippen MR) is 73.4 cm³/mol. The largest absolute Gasteiger partial charge is 0.383 e. The van der Waals surface area contributed by atoms with Crippen molar-refractivity contribution < 1.29 is 4.74 Å². The van der Waals surface area contributed by atoms with E-state index in [-0.39, 0.29) is 0 Å². The maximum Gasteiger partial charge on any atom is 0.0587 e. The lowest BCUT2D eigenvalue weighted by atomic mass is 9.97. The minimum absolute atomic E-state index is 0.823. The molecule has 0 aromatic rings. The first-order valence-corrected chi connectivity index (χ1v) is 7.14. The van der Waals surface area contributed by atoms with Crippen molar-refractivity contribution >= 4 is 0 Å². The fourth-order valence-electron chi connectivity index (χ4n) is 2.44. The van der Waals surface area contributed by atoms with Crippen molar-refractivity contribution in [3.05, 3.63) is 0 Å². The molecule has 0 radical (unpaired) electrons. The molecule has 0 aromatic heterocycles. The molecule has 0 spiro atoms. The van der Waals surface area contributed by atoms with Crippen LogP contribution in [-0.4, -0.2) is 51.3 Å². The van der Waals surface area contributed by atoms with Crippen LogP contribution in [0.1, 0.15) is 33.1 Å². The summed E-state index contributed by atoms with van der Waals surface area (Å²) in [6.45, 7) is 11.5. The van der Waals surface area contributed by atoms with Crippen LogP contribution in [0.2, 0.25) is 0 Å². The second-order valence-corrected chi connectivity index (χ2v) is 5.69. The van der Waals surface area contributed by atoms with Crippen LogP contribution in [0.25, 0.3) is 0 Å². The highest BCUT2D eigenvalue weighted by Crippen LogP contribution is 2.16. The highest BCUT2D eigenvalue weighted by Gasteiger charge is 2.19. The van der Waals surface area contributed by atoms with Gasteiger partial charge in [0.25, 0.3) is 0 Å². The molecule has 1 atom stereocenters. The van der Waals surface area contributed by atoms with E-state index in [0.29, 0.717) is 0 Å². The molecule has 1 unspecified atom stereocenters. The van der Waals surface area contributed by atoms with Gasteiger partial charge in [-0.1, -0.05) is 13.8 Å². The van der Waals surface area contributed by atoms with Crippen LogP contribution in [-0.2, 0) is 4.74 Å². The van der Waals surface area contributed by atoms with Crippen molar-refractivity contribution in [1.82, 2.24) is 10.2 Å². The van der Waals surface area contributed by atoms with Gasteiger partial charge in [0.15, 0.2) is 0 Å². The van der Waals surface area contributed by atoms with E-state index in [0.717, 1.165) is 31.5 Å². The number of likely N-dealkylation sites (tertiary alicyclic amines) is 1. The van der Waals surface area contributed by atoms with Crippen LogP contribution in [0, 0.1) is 11.8 Å². The van der Waals surface area contributed by atoms with Gasteiger partial charge in [-0.25, -0.2) is 0 Å². The van der Waals surface area contributed by atoms with Crippen molar-refractivity contribution in [1.29, 1.82) is 0 Å². The lowest BCUT2D eigenvalue weighted by Gasteiger charge is -2.33. The smallest absolute Gasteiger partial charge is 0.0587 e. The molecule has 1 N–H and O–H groups in total. The number of rotatable bonds is 8. The molecule has 0 aliphatic carbocycles. The summed E-state index contributed by atoms with van der Waals surface area (Å²) in [5, 5.41) is 3.49. The van der Waals surface area contributed by atoms with Gasteiger partial charge in [0.1, 0.15) is 0 Å². The van der Waals surface area contributed by atoms with Crippen LogP contribution < -0.4 is 5.32 Å². The molecule has 1 aliphatic heterocycles. The van der Waals surface area contributed by atoms with Crippen LogP contribution >= 0.6 is 0 Å². The first-order chi connectivity index (χ1) is 8.22. The summed E-state index contributed by atoms with van der Waals surface area (Å²) in [5.74, 6) is 1.67. The number of ether oxygens (including phenoxy) is 1. The average Bonchev–Trinajstić information content (AvgIpc) is 2.33. The van der Waals surface area contributed by atoms with Crippen molar-refractivity contribution in [3.8, 4) is 0 Å². The normalized spacial score (nSPS) is 22.2. The van der Waals surface area contributed by atoms with Crippen LogP contribution in [0.3, 0.4) is 0 Å². The molecule has 3 heteroatoms. The SMILES string of the molecule is COCCNCC1CCCN(CCC(C)C)C1. The molecule has 1 rings (SSSR count). The zero-order valence-corrected chi connectivity index (χ0v) is 11.9. The third-order valence-corrected chi connectivity index (χ3v) is 3.54. The number of hydrogen-bond acceptors (Lipinski definition) is 3. The molecule has 102 valence electrons. The summed E-state index contributed by atoms with van der Waals surface area (Å²) in [5.41, 5.74) is 0. The molecule has 17 heavy (non-hydrogen) atoms. The maximum atomic E-state index is 5.04. The molecular formula is C14H30N2O. The molecule has 3 nitrogen and oxygen atoms in total. The van der Waals surface area contributed by atoms with Gasteiger partial charge in [0.2, 0.25) is 0 Å². The van der Waals surface area contributed by atoms with E-state index < -0.39 is 0 Å². The van der Waals surface area contributed by atoms with E-state index in [1.165, 1.54) is 38.9 Å². The Balaban J connectivity index is 2.10. The first-order valence-electron chi connectivity index (χ1n) is 7.14. The third kappa shape index (κ3) is 7.02. The Morgan fingerprint density at radius 2 is 2.24 bits per heavy atom. The molecule has 1 aliphatic rings. The number of hydrogen-bond donors (Lipinski definition) is 1. The van der Waals surface area contributed by atoms with E-state index >= 15 is 0 Å². The summed E-state index contributed by atoms with van der Waals surface area (Å²) in [7, 11) is 1.76. The van der Waals surface area contributed by atoms with Crippen LogP contribution in [0.15, 0.2) is 0 Å². The van der Waals surface area contributed by atoms with Gasteiger partial charge in [0, 0.05) is 20.2 Å². The molecule has 1 fully saturated rings. The highest BCUT2D eigenvalue weighted by molar-refractivity contribution is 4.74. The van der Waals surface area contributed by atoms with Gasteiger partial charge in [0.05, 0.1) is 6.61 Å². The summed E-state index contributed by atoms with van der Waals surface area (Å²) in [6, 6.07) is 0. The Bertz CT molecular complexity index is 185. The second kappa shape index (κ2) is 8.90. The topological polar surface area (TPSA) is 24.5 Å². The Morgan fingerprint density at radius 3 is 2.94 bits per heavy atom. The minimum Gasteiger partial charge on any atom is -0.383 e. The molecule has 1 saturated heterocycles. The van der Waals surface area contributed by atoms with Gasteiger partial charge in [-0.15, -0.1) is 0 Å². The Hall–Kier alpha value is -0.120. The monoisotopic (exact) mass is 242 g/mol. The van der Waals surface area contributed by atoms with Gasteiger partial charge in [-0.05, 0) is 50.7 Å². The number of nitrogens with zero attached hydrogens (tertiary/aromatic N) is 1. The van der Waals surface area contributed by atoms with Crippen LogP contribution in [0.5, 0.6) is 0 Å². The summed E-state index contributed by atoms with van der Waals surface area (Å²) >= 11 is 0. The van der Waals surface area contributed by atoms with Gasteiger partial charge >= 0.3 is 0 Å². The fraction of sp³-hybridized carbons (Fsp3) is 1.00. The quantitative estimate of drug-likeness (QED) is 0.659. The number of nitrogens with one attached hydrogen (secondary N) is 1. The summed E-state index contributed by atoms with van der Waals surface area (Å²) in [4.78, 5) is 2.65. The molecule has 0 aromatic carbocycles. The van der Waals surface area contributed by atoms with E-state index in [1.807, 2.05) is 0 Å². The van der Waals surface area contributed by atoms with Gasteiger partial charge < -0.3 is 15.0 Å². The Labute approximate surface area is 107 Å². The van der Waals surface area contributed by atoms with Crippen LogP contribution in [0.4, 0.5) is 0 Å².